The Balaban J connectivity index is 0.00000264. The number of rotatable bonds is 6. The molecule has 1 atom stereocenters. The number of hydrogen-bond acceptors (Lipinski definition) is 3. The lowest BCUT2D eigenvalue weighted by Gasteiger charge is -2.11. The molecule has 23 heavy (non-hydrogen) atoms. The summed E-state index contributed by atoms with van der Waals surface area (Å²) in [5.41, 5.74) is -0.706. The maximum Gasteiger partial charge on any atom is 0.416 e. The highest BCUT2D eigenvalue weighted by atomic mass is 35.5. The van der Waals surface area contributed by atoms with Crippen LogP contribution in [0.2, 0.25) is 0 Å². The van der Waals surface area contributed by atoms with Gasteiger partial charge in [-0.15, -0.1) is 12.4 Å². The Morgan fingerprint density at radius 3 is 2.65 bits per heavy atom. The van der Waals surface area contributed by atoms with Gasteiger partial charge in [-0.3, -0.25) is 0 Å². The Kier molecular flexibility index (Phi) is 7.31. The van der Waals surface area contributed by atoms with Crippen molar-refractivity contribution < 1.29 is 21.6 Å². The van der Waals surface area contributed by atoms with Gasteiger partial charge in [0.1, 0.15) is 0 Å². The highest BCUT2D eigenvalue weighted by Gasteiger charge is 2.30. The maximum absolute atomic E-state index is 12.6. The van der Waals surface area contributed by atoms with Crippen LogP contribution in [0, 0.1) is 5.92 Å². The second kappa shape index (κ2) is 8.32. The van der Waals surface area contributed by atoms with Crippen molar-refractivity contribution in [1.29, 1.82) is 0 Å². The summed E-state index contributed by atoms with van der Waals surface area (Å²) >= 11 is 0. The molecule has 4 nitrogen and oxygen atoms in total. The lowest BCUT2D eigenvalue weighted by atomic mass is 10.1. The molecule has 0 bridgehead atoms. The number of hydrogen-bond donors (Lipinski definition) is 2. The van der Waals surface area contributed by atoms with Crippen LogP contribution in [0.4, 0.5) is 13.2 Å². The summed E-state index contributed by atoms with van der Waals surface area (Å²) in [6, 6.07) is 4.41. The third kappa shape index (κ3) is 6.66. The van der Waals surface area contributed by atoms with Crippen LogP contribution in [0.3, 0.4) is 0 Å². The van der Waals surface area contributed by atoms with E-state index < -0.39 is 27.5 Å². The Labute approximate surface area is 140 Å². The molecule has 0 amide bonds. The third-order valence-electron chi connectivity index (χ3n) is 3.65. The molecule has 1 aromatic rings. The van der Waals surface area contributed by atoms with Crippen molar-refractivity contribution in [1.82, 2.24) is 10.0 Å². The standard InChI is InChI=1S/C14H19F3N2O2S.ClH/c15-14(16,17)13-3-1-2-12(8-13)10-22(20,21)19-7-5-11-4-6-18-9-11;/h1-3,8,11,18-19H,4-7,9-10H2;1H. The van der Waals surface area contributed by atoms with Crippen molar-refractivity contribution in [2.75, 3.05) is 19.6 Å². The molecule has 1 heterocycles. The van der Waals surface area contributed by atoms with Crippen LogP contribution in [0.1, 0.15) is 24.0 Å². The van der Waals surface area contributed by atoms with Crippen LogP contribution in [0.5, 0.6) is 0 Å². The quantitative estimate of drug-likeness (QED) is 0.806. The van der Waals surface area contributed by atoms with Gasteiger partial charge in [-0.2, -0.15) is 13.2 Å². The van der Waals surface area contributed by atoms with Gasteiger partial charge in [-0.25, -0.2) is 13.1 Å². The molecule has 1 fully saturated rings. The summed E-state index contributed by atoms with van der Waals surface area (Å²) in [4.78, 5) is 0. The summed E-state index contributed by atoms with van der Waals surface area (Å²) in [7, 11) is -3.63. The fourth-order valence-corrected chi connectivity index (χ4v) is 3.64. The molecule has 1 aromatic carbocycles. The smallest absolute Gasteiger partial charge is 0.316 e. The van der Waals surface area contributed by atoms with E-state index in [1.807, 2.05) is 0 Å². The van der Waals surface area contributed by atoms with E-state index in [0.717, 1.165) is 38.1 Å². The molecular formula is C14H20ClF3N2O2S. The summed E-state index contributed by atoms with van der Waals surface area (Å²) in [5.74, 6) is 0.0103. The first-order valence-corrected chi connectivity index (χ1v) is 8.76. The van der Waals surface area contributed by atoms with Gasteiger partial charge >= 0.3 is 6.18 Å². The number of sulfonamides is 1. The molecule has 0 saturated carbocycles. The monoisotopic (exact) mass is 372 g/mol. The highest BCUT2D eigenvalue weighted by Crippen LogP contribution is 2.29. The van der Waals surface area contributed by atoms with Crippen LogP contribution < -0.4 is 10.0 Å². The third-order valence-corrected chi connectivity index (χ3v) is 5.01. The zero-order chi connectivity index (χ0) is 16.2. The van der Waals surface area contributed by atoms with Crippen LogP contribution in [0.15, 0.2) is 24.3 Å². The van der Waals surface area contributed by atoms with Crippen molar-refractivity contribution in [2.45, 2.75) is 24.8 Å². The summed E-state index contributed by atoms with van der Waals surface area (Å²) in [6.07, 6.45) is -2.72. The van der Waals surface area contributed by atoms with Crippen LogP contribution >= 0.6 is 12.4 Å². The molecule has 0 aliphatic carbocycles. The zero-order valence-corrected chi connectivity index (χ0v) is 14.0. The number of halogens is 4. The normalized spacial score (nSPS) is 18.7. The first-order valence-electron chi connectivity index (χ1n) is 7.10. The highest BCUT2D eigenvalue weighted by molar-refractivity contribution is 7.88. The van der Waals surface area contributed by atoms with E-state index in [0.29, 0.717) is 12.5 Å². The van der Waals surface area contributed by atoms with Gasteiger partial charge in [0, 0.05) is 6.54 Å². The lowest BCUT2D eigenvalue weighted by molar-refractivity contribution is -0.137. The summed E-state index contributed by atoms with van der Waals surface area (Å²) in [5, 5.41) is 3.20. The van der Waals surface area contributed by atoms with E-state index in [1.165, 1.54) is 12.1 Å². The Hall–Kier alpha value is -0.830. The fraction of sp³-hybridized carbons (Fsp3) is 0.571. The van der Waals surface area contributed by atoms with Crippen molar-refractivity contribution in [3.63, 3.8) is 0 Å². The molecule has 1 aliphatic rings. The van der Waals surface area contributed by atoms with Crippen LogP contribution in [-0.2, 0) is 22.0 Å². The molecule has 9 heteroatoms. The first-order chi connectivity index (χ1) is 10.3. The number of nitrogens with one attached hydrogen (secondary N) is 2. The zero-order valence-electron chi connectivity index (χ0n) is 12.4. The van der Waals surface area contributed by atoms with E-state index in [4.69, 9.17) is 0 Å². The molecule has 0 aromatic heterocycles. The van der Waals surface area contributed by atoms with Crippen molar-refractivity contribution >= 4 is 22.4 Å². The van der Waals surface area contributed by atoms with Gasteiger partial charge in [0.2, 0.25) is 10.0 Å². The molecule has 1 unspecified atom stereocenters. The van der Waals surface area contributed by atoms with Gasteiger partial charge < -0.3 is 5.32 Å². The predicted octanol–water partition coefficient (Wildman–Crippen LogP) is 2.55. The Bertz CT molecular complexity index is 602. The van der Waals surface area contributed by atoms with Crippen molar-refractivity contribution in [3.8, 4) is 0 Å². The molecule has 0 spiro atoms. The van der Waals surface area contributed by atoms with E-state index in [-0.39, 0.29) is 18.0 Å². The van der Waals surface area contributed by atoms with E-state index in [2.05, 4.69) is 10.0 Å². The molecule has 132 valence electrons. The maximum atomic E-state index is 12.6. The average Bonchev–Trinajstić information content (AvgIpc) is 2.90. The van der Waals surface area contributed by atoms with Crippen molar-refractivity contribution in [3.05, 3.63) is 35.4 Å². The predicted molar refractivity (Wildman–Crippen MR) is 84.9 cm³/mol. The fourth-order valence-electron chi connectivity index (χ4n) is 2.49. The van der Waals surface area contributed by atoms with Gasteiger partial charge in [-0.1, -0.05) is 18.2 Å². The molecular weight excluding hydrogens is 353 g/mol. The van der Waals surface area contributed by atoms with E-state index in [9.17, 15) is 21.6 Å². The number of alkyl halides is 3. The summed E-state index contributed by atoms with van der Waals surface area (Å²) in [6.45, 7) is 2.14. The van der Waals surface area contributed by atoms with Crippen molar-refractivity contribution in [2.24, 2.45) is 5.92 Å². The first kappa shape index (κ1) is 20.2. The van der Waals surface area contributed by atoms with Gasteiger partial charge in [0.15, 0.2) is 0 Å². The molecule has 0 radical (unpaired) electrons. The topological polar surface area (TPSA) is 58.2 Å². The SMILES string of the molecule is Cl.O=S(=O)(Cc1cccc(C(F)(F)F)c1)NCCC1CCNC1. The molecule has 2 N–H and O–H groups in total. The van der Waals surface area contributed by atoms with Gasteiger partial charge in [0.05, 0.1) is 11.3 Å². The molecule has 1 saturated heterocycles. The largest absolute Gasteiger partial charge is 0.416 e. The second-order valence-corrected chi connectivity index (χ2v) is 7.31. The minimum Gasteiger partial charge on any atom is -0.316 e. The summed E-state index contributed by atoms with van der Waals surface area (Å²) < 4.78 is 64.1. The lowest BCUT2D eigenvalue weighted by Crippen LogP contribution is -2.28. The van der Waals surface area contributed by atoms with Crippen LogP contribution in [0.25, 0.3) is 0 Å². The number of benzene rings is 1. The average molecular weight is 373 g/mol. The second-order valence-electron chi connectivity index (χ2n) is 5.50. The van der Waals surface area contributed by atoms with E-state index in [1.54, 1.807) is 0 Å². The van der Waals surface area contributed by atoms with E-state index >= 15 is 0 Å². The Morgan fingerprint density at radius 2 is 2.04 bits per heavy atom. The molecule has 1 aliphatic heterocycles. The van der Waals surface area contributed by atoms with Gasteiger partial charge in [0.25, 0.3) is 0 Å². The minimum atomic E-state index is -4.47. The molecule has 2 rings (SSSR count). The minimum absolute atomic E-state index is 0. The van der Waals surface area contributed by atoms with Gasteiger partial charge in [-0.05, 0) is 43.5 Å². The Morgan fingerprint density at radius 1 is 1.30 bits per heavy atom. The van der Waals surface area contributed by atoms with Crippen LogP contribution in [-0.4, -0.2) is 28.1 Å².